The summed E-state index contributed by atoms with van der Waals surface area (Å²) in [6.45, 7) is 0.0314. The Hall–Kier alpha value is -1.72. The molecule has 1 aromatic heterocycles. The average Bonchev–Trinajstić information content (AvgIpc) is 2.88. The molecule has 0 unspecified atom stereocenters. The number of hydrogen-bond acceptors (Lipinski definition) is 4. The van der Waals surface area contributed by atoms with Crippen molar-refractivity contribution in [3.05, 3.63) is 41.4 Å². The summed E-state index contributed by atoms with van der Waals surface area (Å²) in [6.07, 6.45) is 0.676. The van der Waals surface area contributed by atoms with E-state index in [9.17, 15) is 4.79 Å². The van der Waals surface area contributed by atoms with E-state index < -0.39 is 6.61 Å². The lowest BCUT2D eigenvalue weighted by Crippen LogP contribution is -2.28. The molecule has 2 rings (SSSR count). The van der Waals surface area contributed by atoms with E-state index in [-0.39, 0.29) is 5.91 Å². The molecule has 1 amide bonds. The van der Waals surface area contributed by atoms with Crippen molar-refractivity contribution in [1.29, 1.82) is 0 Å². The fraction of sp³-hybridized carbons (Fsp3) is 0.231. The number of nitrogens with one attached hydrogen (secondary N) is 1. The molecule has 1 heterocycles. The first-order valence-corrected chi connectivity index (χ1v) is 6.55. The van der Waals surface area contributed by atoms with Crippen LogP contribution in [0.1, 0.15) is 5.69 Å². The third-order valence-corrected chi connectivity index (χ3v) is 3.36. The predicted molar refractivity (Wildman–Crippen MR) is 71.3 cm³/mol. The van der Waals surface area contributed by atoms with E-state index in [0.717, 1.165) is 16.3 Å². The molecule has 0 aliphatic heterocycles. The van der Waals surface area contributed by atoms with E-state index in [1.165, 1.54) is 0 Å². The highest BCUT2D eigenvalue weighted by Gasteiger charge is 2.04. The van der Waals surface area contributed by atoms with E-state index >= 15 is 0 Å². The second-order valence-corrected chi connectivity index (χ2v) is 4.63. The number of rotatable bonds is 5. The Balaban J connectivity index is 1.93. The van der Waals surface area contributed by atoms with Crippen molar-refractivity contribution < 1.29 is 9.90 Å². The molecule has 0 aliphatic carbocycles. The van der Waals surface area contributed by atoms with E-state index in [2.05, 4.69) is 10.3 Å². The van der Waals surface area contributed by atoms with Gasteiger partial charge < -0.3 is 10.4 Å². The molecule has 5 heteroatoms. The van der Waals surface area contributed by atoms with Gasteiger partial charge in [0.15, 0.2) is 0 Å². The van der Waals surface area contributed by atoms with Crippen LogP contribution in [0.3, 0.4) is 0 Å². The number of aliphatic hydroxyl groups is 1. The van der Waals surface area contributed by atoms with Crippen LogP contribution in [0.15, 0.2) is 35.7 Å². The zero-order valence-corrected chi connectivity index (χ0v) is 10.6. The number of thiazole rings is 1. The van der Waals surface area contributed by atoms with Gasteiger partial charge in [0.1, 0.15) is 11.6 Å². The van der Waals surface area contributed by atoms with E-state index in [1.807, 2.05) is 35.7 Å². The quantitative estimate of drug-likeness (QED) is 0.857. The largest absolute Gasteiger partial charge is 0.387 e. The molecule has 2 aromatic rings. The maximum atomic E-state index is 10.8. The second-order valence-electron chi connectivity index (χ2n) is 3.77. The summed E-state index contributed by atoms with van der Waals surface area (Å²) in [5.41, 5.74) is 2.06. The summed E-state index contributed by atoms with van der Waals surface area (Å²) in [7, 11) is 0. The zero-order valence-electron chi connectivity index (χ0n) is 9.80. The van der Waals surface area contributed by atoms with Gasteiger partial charge in [0.25, 0.3) is 0 Å². The van der Waals surface area contributed by atoms with Gasteiger partial charge in [-0.2, -0.15) is 0 Å². The Morgan fingerprint density at radius 2 is 2.11 bits per heavy atom. The molecular weight excluding hydrogens is 248 g/mol. The van der Waals surface area contributed by atoms with Crippen LogP contribution in [-0.4, -0.2) is 29.1 Å². The Kier molecular flexibility index (Phi) is 4.44. The minimum Gasteiger partial charge on any atom is -0.387 e. The van der Waals surface area contributed by atoms with Crippen LogP contribution in [-0.2, 0) is 11.2 Å². The summed E-state index contributed by atoms with van der Waals surface area (Å²) in [6, 6.07) is 9.99. The Bertz CT molecular complexity index is 511. The van der Waals surface area contributed by atoms with Crippen molar-refractivity contribution in [3.8, 4) is 10.6 Å². The molecule has 0 aliphatic rings. The number of benzene rings is 1. The topological polar surface area (TPSA) is 62.2 Å². The van der Waals surface area contributed by atoms with Crippen molar-refractivity contribution in [2.75, 3.05) is 13.2 Å². The van der Waals surface area contributed by atoms with Gasteiger partial charge in [0.2, 0.25) is 5.91 Å². The van der Waals surface area contributed by atoms with Crippen LogP contribution in [0.2, 0.25) is 0 Å². The van der Waals surface area contributed by atoms with E-state index in [4.69, 9.17) is 5.11 Å². The molecule has 0 fully saturated rings. The van der Waals surface area contributed by atoms with E-state index in [1.54, 1.807) is 11.3 Å². The summed E-state index contributed by atoms with van der Waals surface area (Å²) < 4.78 is 0. The van der Waals surface area contributed by atoms with Crippen molar-refractivity contribution in [2.45, 2.75) is 6.42 Å². The van der Waals surface area contributed by atoms with Gasteiger partial charge in [-0.25, -0.2) is 4.98 Å². The molecule has 0 atom stereocenters. The number of amides is 1. The van der Waals surface area contributed by atoms with Gasteiger partial charge in [0, 0.05) is 23.9 Å². The van der Waals surface area contributed by atoms with Crippen LogP contribution in [0.5, 0.6) is 0 Å². The van der Waals surface area contributed by atoms with Crippen LogP contribution < -0.4 is 5.32 Å². The van der Waals surface area contributed by atoms with Gasteiger partial charge in [-0.15, -0.1) is 11.3 Å². The lowest BCUT2D eigenvalue weighted by atomic mass is 10.2. The lowest BCUT2D eigenvalue weighted by molar-refractivity contribution is -0.123. The molecule has 2 N–H and O–H groups in total. The highest BCUT2D eigenvalue weighted by Crippen LogP contribution is 2.23. The normalized spacial score (nSPS) is 10.3. The predicted octanol–water partition coefficient (Wildman–Crippen LogP) is 1.46. The minimum absolute atomic E-state index is 0.353. The number of nitrogens with zero attached hydrogens (tertiary/aromatic N) is 1. The summed E-state index contributed by atoms with van der Waals surface area (Å²) in [5, 5.41) is 14.1. The van der Waals surface area contributed by atoms with Crippen molar-refractivity contribution in [1.82, 2.24) is 10.3 Å². The van der Waals surface area contributed by atoms with Crippen molar-refractivity contribution in [3.63, 3.8) is 0 Å². The molecule has 0 bridgehead atoms. The highest BCUT2D eigenvalue weighted by molar-refractivity contribution is 7.13. The number of carbonyl (C=O) groups excluding carboxylic acids is 1. The summed E-state index contributed by atoms with van der Waals surface area (Å²) in [5.74, 6) is -0.353. The molecule has 18 heavy (non-hydrogen) atoms. The maximum absolute atomic E-state index is 10.8. The van der Waals surface area contributed by atoms with Crippen molar-refractivity contribution >= 4 is 17.2 Å². The Morgan fingerprint density at radius 3 is 2.83 bits per heavy atom. The van der Waals surface area contributed by atoms with Crippen molar-refractivity contribution in [2.24, 2.45) is 0 Å². The fourth-order valence-corrected chi connectivity index (χ4v) is 2.38. The second kappa shape index (κ2) is 6.28. The molecule has 0 saturated heterocycles. The summed E-state index contributed by atoms with van der Waals surface area (Å²) in [4.78, 5) is 15.4. The monoisotopic (exact) mass is 262 g/mol. The fourth-order valence-electron chi connectivity index (χ4n) is 1.52. The zero-order chi connectivity index (χ0) is 12.8. The molecular formula is C13H14N2O2S. The summed E-state index contributed by atoms with van der Waals surface area (Å²) >= 11 is 1.59. The van der Waals surface area contributed by atoms with Gasteiger partial charge in [-0.3, -0.25) is 4.79 Å². The lowest BCUT2D eigenvalue weighted by Gasteiger charge is -2.00. The van der Waals surface area contributed by atoms with Gasteiger partial charge in [-0.05, 0) is 0 Å². The SMILES string of the molecule is O=C(CO)NCCc1csc(-c2ccccc2)n1. The number of carbonyl (C=O) groups is 1. The number of hydrogen-bond donors (Lipinski definition) is 2. The van der Waals surface area contributed by atoms with E-state index in [0.29, 0.717) is 13.0 Å². The Morgan fingerprint density at radius 1 is 1.33 bits per heavy atom. The maximum Gasteiger partial charge on any atom is 0.245 e. The van der Waals surface area contributed by atoms with Gasteiger partial charge in [0.05, 0.1) is 5.69 Å². The minimum atomic E-state index is -0.466. The molecule has 0 saturated carbocycles. The van der Waals surface area contributed by atoms with Crippen LogP contribution in [0, 0.1) is 0 Å². The molecule has 0 spiro atoms. The highest BCUT2D eigenvalue weighted by atomic mass is 32.1. The van der Waals surface area contributed by atoms with Crippen LogP contribution in [0.25, 0.3) is 10.6 Å². The first-order chi connectivity index (χ1) is 8.79. The third-order valence-electron chi connectivity index (χ3n) is 2.42. The molecule has 1 aromatic carbocycles. The molecule has 94 valence electrons. The van der Waals surface area contributed by atoms with Crippen LogP contribution in [0.4, 0.5) is 0 Å². The standard InChI is InChI=1S/C13H14N2O2S/c16-8-12(17)14-7-6-11-9-18-13(15-11)10-4-2-1-3-5-10/h1-5,9,16H,6-8H2,(H,14,17). The molecule has 0 radical (unpaired) electrons. The number of aliphatic hydroxyl groups excluding tert-OH is 1. The average molecular weight is 262 g/mol. The smallest absolute Gasteiger partial charge is 0.245 e. The Labute approximate surface area is 109 Å². The van der Waals surface area contributed by atoms with Gasteiger partial charge >= 0.3 is 0 Å². The first-order valence-electron chi connectivity index (χ1n) is 5.67. The third kappa shape index (κ3) is 3.38. The van der Waals surface area contributed by atoms with Crippen LogP contribution >= 0.6 is 11.3 Å². The molecule has 4 nitrogen and oxygen atoms in total. The van der Waals surface area contributed by atoms with Gasteiger partial charge in [-0.1, -0.05) is 30.3 Å². The first kappa shape index (κ1) is 12.7. The number of aromatic nitrogens is 1.